The van der Waals surface area contributed by atoms with Gasteiger partial charge in [0.1, 0.15) is 6.33 Å². The normalized spacial score (nSPS) is 12.0. The van der Waals surface area contributed by atoms with Gasteiger partial charge in [-0.1, -0.05) is 110 Å². The fourth-order valence-electron chi connectivity index (χ4n) is 6.33. The first-order chi connectivity index (χ1) is 22.9. The van der Waals surface area contributed by atoms with E-state index in [4.69, 9.17) is 0 Å². The third-order valence-corrected chi connectivity index (χ3v) is 10.3. The van der Waals surface area contributed by atoms with E-state index in [1.807, 2.05) is 39.0 Å². The fraction of sp³-hybridized carbons (Fsp3) is 0.419. The second-order valence-electron chi connectivity index (χ2n) is 14.2. The third kappa shape index (κ3) is 9.96. The maximum atomic E-state index is 11.7. The molecule has 0 aliphatic heterocycles. The summed E-state index contributed by atoms with van der Waals surface area (Å²) in [5, 5.41) is 15.8. The van der Waals surface area contributed by atoms with Gasteiger partial charge in [0.05, 0.1) is 11.5 Å². The summed E-state index contributed by atoms with van der Waals surface area (Å²) in [6, 6.07) is 23.0. The van der Waals surface area contributed by atoms with Crippen molar-refractivity contribution >= 4 is 38.0 Å². The monoisotopic (exact) mass is 854 g/mol. The van der Waals surface area contributed by atoms with Gasteiger partial charge in [-0.3, -0.25) is 9.78 Å². The molecule has 0 amide bonds. The van der Waals surface area contributed by atoms with Gasteiger partial charge in [0, 0.05) is 54.0 Å². The molecule has 0 aliphatic rings. The largest absolute Gasteiger partial charge is 0.512 e. The zero-order chi connectivity index (χ0) is 35.0. The van der Waals surface area contributed by atoms with Crippen molar-refractivity contribution in [3.05, 3.63) is 95.3 Å². The minimum atomic E-state index is 0. The number of rotatable bonds is 11. The van der Waals surface area contributed by atoms with E-state index in [1.54, 1.807) is 6.33 Å². The molecule has 0 bridgehead atoms. The van der Waals surface area contributed by atoms with E-state index in [-0.39, 0.29) is 48.9 Å². The Kier molecular flexibility index (Phi) is 14.9. The van der Waals surface area contributed by atoms with Gasteiger partial charge >= 0.3 is 0 Å². The molecule has 3 aromatic carbocycles. The number of benzene rings is 3. The van der Waals surface area contributed by atoms with Crippen molar-refractivity contribution in [2.24, 2.45) is 17.8 Å². The molecule has 2 aromatic heterocycles. The Balaban J connectivity index is 0.000000347. The molecule has 0 spiro atoms. The quantitative estimate of drug-likeness (QED) is 0.0817. The summed E-state index contributed by atoms with van der Waals surface area (Å²) in [6.07, 6.45) is 7.69. The number of hydrogen-bond acceptors (Lipinski definition) is 5. The molecular weight excluding hydrogens is 801 g/mol. The van der Waals surface area contributed by atoms with Gasteiger partial charge in [0.25, 0.3) is 0 Å². The molecule has 1 N–H and O–H groups in total. The number of ketones is 1. The molecule has 263 valence electrons. The van der Waals surface area contributed by atoms with Crippen LogP contribution >= 0.6 is 11.3 Å². The molecule has 0 atom stereocenters. The molecule has 2 heterocycles. The number of aliphatic hydroxyl groups is 1. The fourth-order valence-corrected chi connectivity index (χ4v) is 7.44. The maximum Gasteiger partial charge on any atom is 0.162 e. The first kappa shape index (κ1) is 40.3. The Morgan fingerprint density at radius 2 is 1.51 bits per heavy atom. The van der Waals surface area contributed by atoms with Crippen molar-refractivity contribution in [3.63, 3.8) is 0 Å². The number of nitrogens with zero attached hydrogens (tertiary/aromatic N) is 2. The number of aliphatic hydroxyl groups excluding tert-OH is 1. The van der Waals surface area contributed by atoms with Gasteiger partial charge in [0.15, 0.2) is 5.78 Å². The predicted molar refractivity (Wildman–Crippen MR) is 206 cm³/mol. The molecule has 4 nitrogen and oxygen atoms in total. The van der Waals surface area contributed by atoms with Gasteiger partial charge in [0.2, 0.25) is 0 Å². The van der Waals surface area contributed by atoms with Crippen LogP contribution in [0.1, 0.15) is 99.1 Å². The van der Waals surface area contributed by atoms with Crippen LogP contribution in [0.5, 0.6) is 0 Å². The van der Waals surface area contributed by atoms with E-state index in [9.17, 15) is 9.90 Å². The molecule has 6 heteroatoms. The molecular formula is C43H53IrN2O2S-. The van der Waals surface area contributed by atoms with Crippen LogP contribution in [0.25, 0.3) is 43.4 Å². The molecule has 5 rings (SSSR count). The van der Waals surface area contributed by atoms with E-state index in [0.29, 0.717) is 5.92 Å². The van der Waals surface area contributed by atoms with Crippen molar-refractivity contribution in [1.82, 2.24) is 9.97 Å². The standard InChI is InChI=1S/C30H29N2S.C13H24O2.Ir/c1-19(2)13-22-17-33-29-24(22)11-8-12-25(29)28-16-27(31-18-32-28)21-14-20-9-6-7-10-23(20)26(15-21)30(3,4)5;1-5-10(6-2)12(14)9-13(15)11(7-3)8-4;/h6-12,15-19H,13H2,1-5H3;9-11,14H,5-8H2,1-4H3;/q-1;;/b;12-9-;. The SMILES string of the molecule is CC(C)Cc1csc2c(-c3cc(-c4[c-]c5ccccc5c(C(C)(C)C)c4)ncn3)cccc12.CCC(CC)C(=O)/C=C(\O)C(CC)CC.[Ir]. The van der Waals surface area contributed by atoms with Crippen LogP contribution in [0.3, 0.4) is 0 Å². The van der Waals surface area contributed by atoms with Crippen LogP contribution in [-0.2, 0) is 36.7 Å². The average molecular weight is 854 g/mol. The van der Waals surface area contributed by atoms with Crippen molar-refractivity contribution in [3.8, 4) is 22.5 Å². The number of thiophene rings is 1. The van der Waals surface area contributed by atoms with Gasteiger partial charge in [-0.15, -0.1) is 40.5 Å². The Hall–Kier alpha value is -3.18. The van der Waals surface area contributed by atoms with Crippen LogP contribution in [0.15, 0.2) is 78.1 Å². The molecule has 5 aromatic rings. The van der Waals surface area contributed by atoms with Gasteiger partial charge in [-0.05, 0) is 65.8 Å². The molecule has 0 unspecified atom stereocenters. The minimum absolute atomic E-state index is 0. The third-order valence-electron chi connectivity index (χ3n) is 9.19. The molecule has 0 saturated heterocycles. The molecule has 49 heavy (non-hydrogen) atoms. The first-order valence-electron chi connectivity index (χ1n) is 17.6. The summed E-state index contributed by atoms with van der Waals surface area (Å²) < 4.78 is 1.30. The van der Waals surface area contributed by atoms with Crippen LogP contribution in [-0.4, -0.2) is 20.9 Å². The summed E-state index contributed by atoms with van der Waals surface area (Å²) in [5.74, 6) is 1.18. The van der Waals surface area contributed by atoms with Gasteiger partial charge < -0.3 is 5.11 Å². The van der Waals surface area contributed by atoms with Crippen LogP contribution in [0.4, 0.5) is 0 Å². The average Bonchev–Trinajstić information content (AvgIpc) is 3.47. The van der Waals surface area contributed by atoms with Crippen molar-refractivity contribution < 1.29 is 30.0 Å². The van der Waals surface area contributed by atoms with E-state index in [0.717, 1.165) is 54.4 Å². The molecule has 0 aliphatic carbocycles. The minimum Gasteiger partial charge on any atom is -0.512 e. The second-order valence-corrected chi connectivity index (χ2v) is 15.1. The van der Waals surface area contributed by atoms with E-state index >= 15 is 0 Å². The number of carbonyl (C=O) groups is 1. The van der Waals surface area contributed by atoms with Crippen LogP contribution in [0, 0.1) is 23.8 Å². The number of allylic oxidation sites excluding steroid dienone is 2. The predicted octanol–water partition coefficient (Wildman–Crippen LogP) is 12.3. The summed E-state index contributed by atoms with van der Waals surface area (Å²) in [7, 11) is 0. The molecule has 0 saturated carbocycles. The van der Waals surface area contributed by atoms with Gasteiger partial charge in [-0.25, -0.2) is 4.98 Å². The summed E-state index contributed by atoms with van der Waals surface area (Å²) in [6.45, 7) is 19.4. The summed E-state index contributed by atoms with van der Waals surface area (Å²) in [4.78, 5) is 21.0. The second kappa shape index (κ2) is 18.2. The maximum absolute atomic E-state index is 11.7. The van der Waals surface area contributed by atoms with Crippen molar-refractivity contribution in [2.75, 3.05) is 0 Å². The Morgan fingerprint density at radius 1 is 0.878 bits per heavy atom. The summed E-state index contributed by atoms with van der Waals surface area (Å²) in [5.41, 5.74) is 6.82. The number of hydrogen-bond donors (Lipinski definition) is 1. The summed E-state index contributed by atoms with van der Waals surface area (Å²) >= 11 is 1.82. The van der Waals surface area contributed by atoms with E-state index in [1.165, 1.54) is 38.2 Å². The zero-order valence-electron chi connectivity index (χ0n) is 30.7. The Morgan fingerprint density at radius 3 is 2.14 bits per heavy atom. The number of fused-ring (bicyclic) bond motifs is 2. The van der Waals surface area contributed by atoms with E-state index < -0.39 is 0 Å². The molecule has 1 radical (unpaired) electrons. The Labute approximate surface area is 311 Å². The van der Waals surface area contributed by atoms with Gasteiger partial charge in [-0.2, -0.15) is 0 Å². The topological polar surface area (TPSA) is 63.1 Å². The van der Waals surface area contributed by atoms with Crippen LogP contribution in [0.2, 0.25) is 0 Å². The number of carbonyl (C=O) groups excluding carboxylic acids is 1. The number of aromatic nitrogens is 2. The van der Waals surface area contributed by atoms with Crippen LogP contribution < -0.4 is 0 Å². The smallest absolute Gasteiger partial charge is 0.162 e. The first-order valence-corrected chi connectivity index (χ1v) is 18.5. The zero-order valence-corrected chi connectivity index (χ0v) is 33.9. The van der Waals surface area contributed by atoms with Crippen molar-refractivity contribution in [2.45, 2.75) is 99.8 Å². The Bertz CT molecular complexity index is 1860. The molecule has 0 fully saturated rings. The van der Waals surface area contributed by atoms with E-state index in [2.05, 4.69) is 111 Å². The van der Waals surface area contributed by atoms with Crippen molar-refractivity contribution in [1.29, 1.82) is 0 Å².